The van der Waals surface area contributed by atoms with Crippen molar-refractivity contribution in [2.75, 3.05) is 0 Å². The van der Waals surface area contributed by atoms with Crippen LogP contribution in [-0.4, -0.2) is 5.11 Å². The lowest BCUT2D eigenvalue weighted by Gasteiger charge is -2.07. The number of hydrogen-bond donors (Lipinski definition) is 1. The molecule has 2 rings (SSSR count). The Morgan fingerprint density at radius 1 is 1.50 bits per heavy atom. The smallest absolute Gasteiger partial charge is 0.213 e. The summed E-state index contributed by atoms with van der Waals surface area (Å²) >= 11 is 0. The van der Waals surface area contributed by atoms with E-state index < -0.39 is 5.41 Å². The van der Waals surface area contributed by atoms with Crippen LogP contribution in [0.4, 0.5) is 4.53 Å². The molecule has 0 bridgehead atoms. The van der Waals surface area contributed by atoms with Gasteiger partial charge in [0.1, 0.15) is 0 Å². The number of nitrogens with zero attached hydrogens (tertiary/aromatic N) is 1. The van der Waals surface area contributed by atoms with Crippen molar-refractivity contribution >= 4 is 0 Å². The zero-order chi connectivity index (χ0) is 10.2. The number of halogens is 1. The van der Waals surface area contributed by atoms with Gasteiger partial charge >= 0.3 is 0 Å². The molecule has 0 spiro atoms. The molecular weight excluding hydrogens is 185 g/mol. The maximum absolute atomic E-state index is 11.9. The number of benzene rings is 1. The van der Waals surface area contributed by atoms with E-state index in [4.69, 9.17) is 10.4 Å². The third-order valence-corrected chi connectivity index (χ3v) is 2.56. The lowest BCUT2D eigenvalue weighted by molar-refractivity contribution is -0.00904. The third-order valence-electron chi connectivity index (χ3n) is 2.56. The Kier molecular flexibility index (Phi) is 1.81. The van der Waals surface area contributed by atoms with Gasteiger partial charge < -0.3 is 5.11 Å². The molecule has 1 aromatic carbocycles. The van der Waals surface area contributed by atoms with Crippen molar-refractivity contribution in [3.8, 4) is 17.6 Å². The molecule has 1 aromatic rings. The molecule has 0 aromatic heterocycles. The molecule has 1 aliphatic rings. The van der Waals surface area contributed by atoms with Crippen LogP contribution in [0.15, 0.2) is 18.2 Å². The van der Waals surface area contributed by atoms with Crippen LogP contribution in [0, 0.1) is 11.3 Å². The molecule has 0 atom stereocenters. The predicted molar refractivity (Wildman–Crippen MR) is 46.4 cm³/mol. The van der Waals surface area contributed by atoms with Crippen LogP contribution in [0.1, 0.15) is 18.4 Å². The van der Waals surface area contributed by atoms with Crippen LogP contribution in [-0.2, 0) is 5.41 Å². The predicted octanol–water partition coefficient (Wildman–Crippen LogP) is 2.21. The molecule has 0 unspecified atom stereocenters. The van der Waals surface area contributed by atoms with E-state index >= 15 is 0 Å². The van der Waals surface area contributed by atoms with Gasteiger partial charge in [-0.1, -0.05) is 6.07 Å². The van der Waals surface area contributed by atoms with Crippen LogP contribution in [0.5, 0.6) is 11.5 Å². The van der Waals surface area contributed by atoms with Crippen molar-refractivity contribution in [2.24, 2.45) is 0 Å². The summed E-state index contributed by atoms with van der Waals surface area (Å²) < 4.78 is 11.9. The van der Waals surface area contributed by atoms with E-state index in [0.29, 0.717) is 5.56 Å². The number of phenolic OH excluding ortho intramolecular Hbond substituents is 1. The van der Waals surface area contributed by atoms with Crippen molar-refractivity contribution in [3.05, 3.63) is 23.8 Å². The average Bonchev–Trinajstić information content (AvgIpc) is 2.99. The van der Waals surface area contributed by atoms with Gasteiger partial charge in [0.25, 0.3) is 0 Å². The normalized spacial score (nSPS) is 17.1. The van der Waals surface area contributed by atoms with E-state index in [9.17, 15) is 4.53 Å². The molecule has 0 amide bonds. The van der Waals surface area contributed by atoms with Gasteiger partial charge in [-0.15, -0.1) is 0 Å². The van der Waals surface area contributed by atoms with Crippen molar-refractivity contribution in [1.29, 1.82) is 5.26 Å². The average molecular weight is 193 g/mol. The summed E-state index contributed by atoms with van der Waals surface area (Å²) in [5.74, 6) is -0.492. The Hall–Kier alpha value is -1.76. The van der Waals surface area contributed by atoms with Crippen molar-refractivity contribution in [2.45, 2.75) is 18.3 Å². The summed E-state index contributed by atoms with van der Waals surface area (Å²) in [6, 6.07) is 6.50. The molecule has 0 aliphatic heterocycles. The second-order valence-corrected chi connectivity index (χ2v) is 3.45. The summed E-state index contributed by atoms with van der Waals surface area (Å²) in [6.45, 7) is 0. The maximum atomic E-state index is 11.9. The second-order valence-electron chi connectivity index (χ2n) is 3.45. The van der Waals surface area contributed by atoms with Crippen LogP contribution in [0.25, 0.3) is 0 Å². The minimum atomic E-state index is -0.485. The highest BCUT2D eigenvalue weighted by molar-refractivity contribution is 5.48. The topological polar surface area (TPSA) is 53.2 Å². The first-order valence-corrected chi connectivity index (χ1v) is 4.25. The van der Waals surface area contributed by atoms with Gasteiger partial charge in [-0.2, -0.15) is 5.26 Å². The summed E-state index contributed by atoms with van der Waals surface area (Å²) in [5.41, 5.74) is 0.214. The lowest BCUT2D eigenvalue weighted by Crippen LogP contribution is -2.02. The maximum Gasteiger partial charge on any atom is 0.213 e. The molecule has 14 heavy (non-hydrogen) atoms. The molecule has 0 saturated heterocycles. The van der Waals surface area contributed by atoms with Gasteiger partial charge in [-0.25, -0.2) is 0 Å². The Morgan fingerprint density at radius 2 is 2.21 bits per heavy atom. The summed E-state index contributed by atoms with van der Waals surface area (Å²) in [5, 5.41) is 18.0. The van der Waals surface area contributed by atoms with Crippen molar-refractivity contribution < 1.29 is 14.6 Å². The Bertz CT molecular complexity index is 407. The Morgan fingerprint density at radius 3 is 2.71 bits per heavy atom. The minimum Gasteiger partial charge on any atom is -0.504 e. The number of hydrogen-bond acceptors (Lipinski definition) is 3. The number of nitriles is 1. The highest BCUT2D eigenvalue weighted by Crippen LogP contribution is 2.49. The largest absolute Gasteiger partial charge is 0.504 e. The molecule has 0 heterocycles. The van der Waals surface area contributed by atoms with E-state index in [-0.39, 0.29) is 11.5 Å². The van der Waals surface area contributed by atoms with E-state index in [1.807, 2.05) is 0 Å². The summed E-state index contributed by atoms with van der Waals surface area (Å²) in [7, 11) is 0. The van der Waals surface area contributed by atoms with Crippen LogP contribution in [0.3, 0.4) is 0 Å². The van der Waals surface area contributed by atoms with Crippen LogP contribution < -0.4 is 4.94 Å². The monoisotopic (exact) mass is 193 g/mol. The first-order valence-electron chi connectivity index (χ1n) is 4.25. The molecule has 0 radical (unpaired) electrons. The first kappa shape index (κ1) is 8.82. The molecule has 1 fully saturated rings. The molecule has 4 heteroatoms. The van der Waals surface area contributed by atoms with Crippen molar-refractivity contribution in [3.63, 3.8) is 0 Å². The highest BCUT2D eigenvalue weighted by Gasteiger charge is 2.45. The molecular formula is C10H8FNO2. The Labute approximate surface area is 80.3 Å². The van der Waals surface area contributed by atoms with Crippen LogP contribution >= 0.6 is 0 Å². The minimum absolute atomic E-state index is 0.232. The third kappa shape index (κ3) is 1.18. The standard InChI is InChI=1S/C10H8FNO2/c11-14-9-5-7(1-2-8(9)13)10(6-12)3-4-10/h1-2,5,13H,3-4H2. The number of phenols is 1. The fourth-order valence-corrected chi connectivity index (χ4v) is 1.46. The van der Waals surface area contributed by atoms with Gasteiger partial charge in [0, 0.05) is 4.53 Å². The molecule has 72 valence electrons. The van der Waals surface area contributed by atoms with Gasteiger partial charge in [0.2, 0.25) is 5.75 Å². The molecule has 1 N–H and O–H groups in total. The SMILES string of the molecule is N#CC1(c2ccc(O)c(OF)c2)CC1. The van der Waals surface area contributed by atoms with E-state index in [1.165, 1.54) is 12.1 Å². The molecule has 3 nitrogen and oxygen atoms in total. The first-order chi connectivity index (χ1) is 6.72. The van der Waals surface area contributed by atoms with Gasteiger partial charge in [-0.3, -0.25) is 4.94 Å². The lowest BCUT2D eigenvalue weighted by atomic mass is 9.97. The van der Waals surface area contributed by atoms with Gasteiger partial charge in [-0.05, 0) is 30.5 Å². The van der Waals surface area contributed by atoms with Gasteiger partial charge in [0.15, 0.2) is 5.75 Å². The Balaban J connectivity index is 2.42. The quantitative estimate of drug-likeness (QED) is 0.783. The molecule has 1 saturated carbocycles. The highest BCUT2D eigenvalue weighted by atomic mass is 19.3. The van der Waals surface area contributed by atoms with E-state index in [2.05, 4.69) is 11.0 Å². The fraction of sp³-hybridized carbons (Fsp3) is 0.300. The van der Waals surface area contributed by atoms with Crippen LogP contribution in [0.2, 0.25) is 0 Å². The zero-order valence-corrected chi connectivity index (χ0v) is 7.33. The number of rotatable bonds is 2. The number of aromatic hydroxyl groups is 1. The summed E-state index contributed by atoms with van der Waals surface area (Å²) in [6.07, 6.45) is 1.56. The fourth-order valence-electron chi connectivity index (χ4n) is 1.46. The van der Waals surface area contributed by atoms with Gasteiger partial charge in [0.05, 0.1) is 11.5 Å². The van der Waals surface area contributed by atoms with E-state index in [1.54, 1.807) is 6.07 Å². The molecule has 1 aliphatic carbocycles. The van der Waals surface area contributed by atoms with Crippen molar-refractivity contribution in [1.82, 2.24) is 0 Å². The zero-order valence-electron chi connectivity index (χ0n) is 7.33. The second kappa shape index (κ2) is 2.88. The van der Waals surface area contributed by atoms with E-state index in [0.717, 1.165) is 12.8 Å². The summed E-state index contributed by atoms with van der Waals surface area (Å²) in [4.78, 5) is 3.49.